The zero-order chi connectivity index (χ0) is 11.5. The van der Waals surface area contributed by atoms with Gasteiger partial charge in [0.15, 0.2) is 5.65 Å². The maximum Gasteiger partial charge on any atom is 0.153 e. The molecule has 4 heteroatoms. The number of nitrogens with zero attached hydrogens (tertiary/aromatic N) is 3. The summed E-state index contributed by atoms with van der Waals surface area (Å²) in [6, 6.07) is 4.09. The molecule has 2 aromatic heterocycles. The molecule has 1 N–H and O–H groups in total. The van der Waals surface area contributed by atoms with Gasteiger partial charge in [-0.25, -0.2) is 9.50 Å². The average Bonchev–Trinajstić information content (AvgIpc) is 2.59. The Hall–Kier alpha value is -1.42. The van der Waals surface area contributed by atoms with E-state index in [1.807, 2.05) is 23.8 Å². The van der Waals surface area contributed by atoms with Crippen LogP contribution in [0.5, 0.6) is 0 Å². The highest BCUT2D eigenvalue weighted by Gasteiger charge is 2.04. The van der Waals surface area contributed by atoms with Crippen LogP contribution < -0.4 is 5.32 Å². The third kappa shape index (κ3) is 2.39. The van der Waals surface area contributed by atoms with E-state index in [-0.39, 0.29) is 0 Å². The van der Waals surface area contributed by atoms with E-state index in [0.29, 0.717) is 5.92 Å². The second kappa shape index (κ2) is 4.61. The molecule has 0 atom stereocenters. The molecule has 16 heavy (non-hydrogen) atoms. The van der Waals surface area contributed by atoms with Crippen molar-refractivity contribution in [3.05, 3.63) is 29.7 Å². The van der Waals surface area contributed by atoms with Crippen LogP contribution in [0.3, 0.4) is 0 Å². The minimum absolute atomic E-state index is 0.630. The van der Waals surface area contributed by atoms with Gasteiger partial charge in [0.05, 0.1) is 17.6 Å². The Morgan fingerprint density at radius 3 is 2.81 bits per heavy atom. The highest BCUT2D eigenvalue weighted by atomic mass is 15.2. The Bertz CT molecular complexity index is 473. The van der Waals surface area contributed by atoms with E-state index in [1.165, 1.54) is 0 Å². The number of aromatic nitrogens is 3. The van der Waals surface area contributed by atoms with Crippen LogP contribution in [0.15, 0.2) is 18.3 Å². The number of hydrogen-bond donors (Lipinski definition) is 1. The first-order chi connectivity index (χ1) is 7.69. The van der Waals surface area contributed by atoms with E-state index >= 15 is 0 Å². The topological polar surface area (TPSA) is 42.2 Å². The average molecular weight is 218 g/mol. The quantitative estimate of drug-likeness (QED) is 0.848. The lowest BCUT2D eigenvalue weighted by Crippen LogP contribution is -2.04. The molecular formula is C12H18N4. The van der Waals surface area contributed by atoms with Crippen molar-refractivity contribution < 1.29 is 0 Å². The van der Waals surface area contributed by atoms with Gasteiger partial charge < -0.3 is 5.32 Å². The maximum atomic E-state index is 4.54. The molecule has 0 fully saturated rings. The molecule has 0 radical (unpaired) electrons. The maximum absolute atomic E-state index is 4.54. The number of imidazole rings is 1. The molecule has 0 spiro atoms. The number of fused-ring (bicyclic) bond motifs is 1. The summed E-state index contributed by atoms with van der Waals surface area (Å²) in [4.78, 5) is 4.46. The van der Waals surface area contributed by atoms with Gasteiger partial charge in [-0.05, 0) is 31.5 Å². The van der Waals surface area contributed by atoms with Crippen LogP contribution in [0.25, 0.3) is 5.65 Å². The predicted molar refractivity (Wildman–Crippen MR) is 64.3 cm³/mol. The molecule has 2 rings (SSSR count). The molecule has 0 aliphatic carbocycles. The second-order valence-corrected chi connectivity index (χ2v) is 4.49. The summed E-state index contributed by atoms with van der Waals surface area (Å²) in [5, 5.41) is 7.63. The molecule has 0 aliphatic heterocycles. The first kappa shape index (κ1) is 11.1. The predicted octanol–water partition coefficient (Wildman–Crippen LogP) is 1.65. The fraction of sp³-hybridized carbons (Fsp3) is 0.500. The van der Waals surface area contributed by atoms with E-state index in [9.17, 15) is 0 Å². The third-order valence-electron chi connectivity index (χ3n) is 2.40. The van der Waals surface area contributed by atoms with E-state index in [0.717, 1.165) is 30.0 Å². The fourth-order valence-corrected chi connectivity index (χ4v) is 1.76. The molecule has 0 saturated heterocycles. The highest BCUT2D eigenvalue weighted by molar-refractivity contribution is 5.38. The van der Waals surface area contributed by atoms with Crippen LogP contribution in [0.4, 0.5) is 0 Å². The van der Waals surface area contributed by atoms with Gasteiger partial charge in [-0.3, -0.25) is 0 Å². The van der Waals surface area contributed by atoms with Crippen LogP contribution in [-0.4, -0.2) is 21.6 Å². The Morgan fingerprint density at radius 2 is 2.12 bits per heavy atom. The zero-order valence-electron chi connectivity index (χ0n) is 10.1. The Morgan fingerprint density at radius 1 is 1.31 bits per heavy atom. The molecule has 2 aromatic rings. The molecule has 0 saturated carbocycles. The molecule has 0 bridgehead atoms. The van der Waals surface area contributed by atoms with Crippen molar-refractivity contribution in [1.29, 1.82) is 0 Å². The SMILES string of the molecule is CNCc1cn2nc(CC(C)C)ccc2n1. The summed E-state index contributed by atoms with van der Waals surface area (Å²) in [5.74, 6) is 0.630. The standard InChI is InChI=1S/C12H18N4/c1-9(2)6-10-4-5-12-14-11(7-13-3)8-16(12)15-10/h4-5,8-9,13H,6-7H2,1-3H3. The van der Waals surface area contributed by atoms with Crippen molar-refractivity contribution in [2.45, 2.75) is 26.8 Å². The van der Waals surface area contributed by atoms with Crippen LogP contribution >= 0.6 is 0 Å². The lowest BCUT2D eigenvalue weighted by Gasteiger charge is -2.03. The molecule has 2 heterocycles. The van der Waals surface area contributed by atoms with Crippen molar-refractivity contribution in [3.8, 4) is 0 Å². The minimum atomic E-state index is 0.630. The van der Waals surface area contributed by atoms with Gasteiger partial charge in [0.25, 0.3) is 0 Å². The normalized spacial score (nSPS) is 11.5. The Labute approximate surface area is 95.7 Å². The van der Waals surface area contributed by atoms with Gasteiger partial charge in [-0.1, -0.05) is 13.8 Å². The number of nitrogens with one attached hydrogen (secondary N) is 1. The van der Waals surface area contributed by atoms with Crippen LogP contribution in [0, 0.1) is 5.92 Å². The smallest absolute Gasteiger partial charge is 0.153 e. The summed E-state index contributed by atoms with van der Waals surface area (Å²) >= 11 is 0. The third-order valence-corrected chi connectivity index (χ3v) is 2.40. The Balaban J connectivity index is 2.30. The molecule has 0 aromatic carbocycles. The van der Waals surface area contributed by atoms with Gasteiger partial charge in [-0.2, -0.15) is 5.10 Å². The summed E-state index contributed by atoms with van der Waals surface area (Å²) in [6.07, 6.45) is 2.99. The van der Waals surface area contributed by atoms with E-state index in [2.05, 4.69) is 35.3 Å². The second-order valence-electron chi connectivity index (χ2n) is 4.49. The molecule has 0 unspecified atom stereocenters. The highest BCUT2D eigenvalue weighted by Crippen LogP contribution is 2.08. The first-order valence-corrected chi connectivity index (χ1v) is 5.68. The van der Waals surface area contributed by atoms with Gasteiger partial charge in [-0.15, -0.1) is 0 Å². The van der Waals surface area contributed by atoms with E-state index in [4.69, 9.17) is 0 Å². The van der Waals surface area contributed by atoms with Gasteiger partial charge in [0, 0.05) is 6.54 Å². The number of rotatable bonds is 4. The zero-order valence-corrected chi connectivity index (χ0v) is 10.1. The molecule has 86 valence electrons. The summed E-state index contributed by atoms with van der Waals surface area (Å²) in [7, 11) is 1.92. The first-order valence-electron chi connectivity index (χ1n) is 5.68. The van der Waals surface area contributed by atoms with Gasteiger partial charge in [0.1, 0.15) is 0 Å². The molecule has 4 nitrogen and oxygen atoms in total. The van der Waals surface area contributed by atoms with Crippen LogP contribution in [0.1, 0.15) is 25.2 Å². The van der Waals surface area contributed by atoms with Gasteiger partial charge >= 0.3 is 0 Å². The largest absolute Gasteiger partial charge is 0.314 e. The molecule has 0 amide bonds. The minimum Gasteiger partial charge on any atom is -0.314 e. The van der Waals surface area contributed by atoms with Crippen molar-refractivity contribution >= 4 is 5.65 Å². The van der Waals surface area contributed by atoms with Crippen molar-refractivity contribution in [1.82, 2.24) is 19.9 Å². The van der Waals surface area contributed by atoms with Crippen molar-refractivity contribution in [3.63, 3.8) is 0 Å². The van der Waals surface area contributed by atoms with E-state index < -0.39 is 0 Å². The van der Waals surface area contributed by atoms with Crippen molar-refractivity contribution in [2.75, 3.05) is 7.05 Å². The number of hydrogen-bond acceptors (Lipinski definition) is 3. The summed E-state index contributed by atoms with van der Waals surface area (Å²) in [5.41, 5.74) is 3.06. The Kier molecular flexibility index (Phi) is 3.19. The summed E-state index contributed by atoms with van der Waals surface area (Å²) in [6.45, 7) is 5.18. The lowest BCUT2D eigenvalue weighted by atomic mass is 10.1. The van der Waals surface area contributed by atoms with Crippen LogP contribution in [0.2, 0.25) is 0 Å². The summed E-state index contributed by atoms with van der Waals surface area (Å²) < 4.78 is 1.87. The van der Waals surface area contributed by atoms with Crippen molar-refractivity contribution in [2.24, 2.45) is 5.92 Å². The molecular weight excluding hydrogens is 200 g/mol. The van der Waals surface area contributed by atoms with Crippen LogP contribution in [-0.2, 0) is 13.0 Å². The lowest BCUT2D eigenvalue weighted by molar-refractivity contribution is 0.624. The van der Waals surface area contributed by atoms with E-state index in [1.54, 1.807) is 0 Å². The molecule has 0 aliphatic rings. The monoisotopic (exact) mass is 218 g/mol. The fourth-order valence-electron chi connectivity index (χ4n) is 1.76. The van der Waals surface area contributed by atoms with Gasteiger partial charge in [0.2, 0.25) is 0 Å².